The van der Waals surface area contributed by atoms with E-state index in [9.17, 15) is 0 Å². The van der Waals surface area contributed by atoms with Crippen molar-refractivity contribution in [2.75, 3.05) is 0 Å². The molecule has 0 unspecified atom stereocenters. The van der Waals surface area contributed by atoms with Gasteiger partial charge in [-0.15, -0.1) is 6.58 Å². The maximum Gasteiger partial charge on any atom is 0.0687 e. The van der Waals surface area contributed by atoms with Crippen molar-refractivity contribution in [2.45, 2.75) is 33.1 Å². The van der Waals surface area contributed by atoms with E-state index in [0.717, 1.165) is 19.3 Å². The van der Waals surface area contributed by atoms with Gasteiger partial charge in [-0.1, -0.05) is 13.0 Å². The molecule has 0 saturated heterocycles. The van der Waals surface area contributed by atoms with Crippen molar-refractivity contribution in [1.82, 2.24) is 0 Å². The highest BCUT2D eigenvalue weighted by atomic mass is 14.5. The zero-order valence-electron chi connectivity index (χ0n) is 7.35. The monoisotopic (exact) mass is 149 g/mol. The average molecular weight is 149 g/mol. The first kappa shape index (κ1) is 8.33. The molecule has 0 heterocycles. The lowest BCUT2D eigenvalue weighted by molar-refractivity contribution is 0.0588. The van der Waals surface area contributed by atoms with Crippen LogP contribution in [-0.2, 0) is 0 Å². The normalized spacial score (nSPS) is 42.3. The molecule has 0 aromatic rings. The van der Waals surface area contributed by atoms with Crippen molar-refractivity contribution >= 4 is 0 Å². The molecule has 1 nitrogen and oxygen atoms in total. The Labute approximate surface area is 68.7 Å². The summed E-state index contributed by atoms with van der Waals surface area (Å²) in [4.78, 5) is 0. The minimum absolute atomic E-state index is 0.0653. The fraction of sp³-hybridized carbons (Fsp3) is 0.700. The molecule has 0 aliphatic heterocycles. The zero-order chi connectivity index (χ0) is 8.54. The molecular formula is C10H15N. The van der Waals surface area contributed by atoms with Crippen LogP contribution in [0.1, 0.15) is 33.1 Å². The molecule has 1 fully saturated rings. The summed E-state index contributed by atoms with van der Waals surface area (Å²) in [7, 11) is 0. The first-order chi connectivity index (χ1) is 5.10. The van der Waals surface area contributed by atoms with Gasteiger partial charge < -0.3 is 0 Å². The first-order valence-electron chi connectivity index (χ1n) is 4.15. The molecule has 60 valence electrons. The van der Waals surface area contributed by atoms with Crippen molar-refractivity contribution in [2.24, 2.45) is 10.8 Å². The van der Waals surface area contributed by atoms with Crippen LogP contribution in [0.25, 0.3) is 0 Å². The Morgan fingerprint density at radius 1 is 1.64 bits per heavy atom. The summed E-state index contributed by atoms with van der Waals surface area (Å²) in [6.45, 7) is 8.01. The van der Waals surface area contributed by atoms with Crippen LogP contribution in [0.4, 0.5) is 0 Å². The van der Waals surface area contributed by atoms with E-state index in [2.05, 4.69) is 19.6 Å². The lowest BCUT2D eigenvalue weighted by Gasteiger charge is -2.49. The maximum atomic E-state index is 8.78. The second-order valence-electron chi connectivity index (χ2n) is 3.95. The standard InChI is InChI=1S/C10H15N/c1-4-10(5-2)6-9(3,7-10)8-11/h4H,1,5-7H2,2-3H3. The van der Waals surface area contributed by atoms with E-state index in [1.54, 1.807) is 0 Å². The molecule has 0 aromatic heterocycles. The van der Waals surface area contributed by atoms with Gasteiger partial charge in [0.15, 0.2) is 0 Å². The van der Waals surface area contributed by atoms with Crippen LogP contribution >= 0.6 is 0 Å². The molecule has 1 aliphatic rings. The fourth-order valence-electron chi connectivity index (χ4n) is 2.12. The second kappa shape index (κ2) is 2.37. The van der Waals surface area contributed by atoms with Gasteiger partial charge in [0.2, 0.25) is 0 Å². The number of nitriles is 1. The van der Waals surface area contributed by atoms with Crippen LogP contribution < -0.4 is 0 Å². The van der Waals surface area contributed by atoms with Crippen LogP contribution in [0.5, 0.6) is 0 Å². The number of allylic oxidation sites excluding steroid dienone is 1. The van der Waals surface area contributed by atoms with E-state index >= 15 is 0 Å². The summed E-state index contributed by atoms with van der Waals surface area (Å²) in [5.41, 5.74) is 0.217. The molecule has 1 saturated carbocycles. The van der Waals surface area contributed by atoms with Crippen LogP contribution in [0.2, 0.25) is 0 Å². The summed E-state index contributed by atoms with van der Waals surface area (Å²) in [5, 5.41) is 8.78. The molecule has 0 spiro atoms. The lowest BCUT2D eigenvalue weighted by Crippen LogP contribution is -2.42. The summed E-state index contributed by atoms with van der Waals surface area (Å²) < 4.78 is 0. The summed E-state index contributed by atoms with van der Waals surface area (Å²) in [5.74, 6) is 0. The van der Waals surface area contributed by atoms with Gasteiger partial charge in [-0.2, -0.15) is 5.26 Å². The Hall–Kier alpha value is -0.770. The molecular weight excluding hydrogens is 134 g/mol. The smallest absolute Gasteiger partial charge is 0.0687 e. The molecule has 0 N–H and O–H groups in total. The third-order valence-corrected chi connectivity index (χ3v) is 2.89. The zero-order valence-corrected chi connectivity index (χ0v) is 7.35. The molecule has 1 heteroatoms. The van der Waals surface area contributed by atoms with E-state index < -0.39 is 0 Å². The van der Waals surface area contributed by atoms with E-state index in [0.29, 0.717) is 0 Å². The Morgan fingerprint density at radius 3 is 2.45 bits per heavy atom. The maximum absolute atomic E-state index is 8.78. The SMILES string of the molecule is C=CC1(CC)CC(C)(C#N)C1. The highest BCUT2D eigenvalue weighted by molar-refractivity contribution is 5.16. The van der Waals surface area contributed by atoms with Crippen molar-refractivity contribution < 1.29 is 0 Å². The lowest BCUT2D eigenvalue weighted by atomic mass is 9.53. The van der Waals surface area contributed by atoms with Gasteiger partial charge in [0.05, 0.1) is 11.5 Å². The van der Waals surface area contributed by atoms with Crippen molar-refractivity contribution in [1.29, 1.82) is 5.26 Å². The van der Waals surface area contributed by atoms with Crippen molar-refractivity contribution in [3.05, 3.63) is 12.7 Å². The average Bonchev–Trinajstić information content (AvgIpc) is 1.98. The van der Waals surface area contributed by atoms with Gasteiger partial charge in [-0.25, -0.2) is 0 Å². The van der Waals surface area contributed by atoms with Gasteiger partial charge in [0.25, 0.3) is 0 Å². The van der Waals surface area contributed by atoms with E-state index in [-0.39, 0.29) is 10.8 Å². The molecule has 0 atom stereocenters. The van der Waals surface area contributed by atoms with Gasteiger partial charge in [-0.05, 0) is 31.6 Å². The number of nitrogens with zero attached hydrogens (tertiary/aromatic N) is 1. The Balaban J connectivity index is 2.63. The van der Waals surface area contributed by atoms with E-state index in [4.69, 9.17) is 5.26 Å². The molecule has 0 radical (unpaired) electrons. The minimum atomic E-state index is -0.0653. The van der Waals surface area contributed by atoms with Crippen LogP contribution in [0.3, 0.4) is 0 Å². The number of hydrogen-bond acceptors (Lipinski definition) is 1. The molecule has 0 amide bonds. The predicted octanol–water partition coefficient (Wildman–Crippen LogP) is 2.89. The molecule has 11 heavy (non-hydrogen) atoms. The third-order valence-electron chi connectivity index (χ3n) is 2.89. The van der Waals surface area contributed by atoms with Crippen molar-refractivity contribution in [3.63, 3.8) is 0 Å². The number of rotatable bonds is 2. The number of hydrogen-bond donors (Lipinski definition) is 0. The van der Waals surface area contributed by atoms with Gasteiger partial charge >= 0.3 is 0 Å². The largest absolute Gasteiger partial charge is 0.198 e. The molecule has 0 aromatic carbocycles. The van der Waals surface area contributed by atoms with E-state index in [1.807, 2.05) is 13.0 Å². The molecule has 1 rings (SSSR count). The first-order valence-corrected chi connectivity index (χ1v) is 4.15. The quantitative estimate of drug-likeness (QED) is 0.554. The summed E-state index contributed by atoms with van der Waals surface area (Å²) in [6.07, 6.45) is 5.13. The molecule has 0 bridgehead atoms. The van der Waals surface area contributed by atoms with Crippen molar-refractivity contribution in [3.8, 4) is 6.07 Å². The Morgan fingerprint density at radius 2 is 2.18 bits per heavy atom. The van der Waals surface area contributed by atoms with Crippen LogP contribution in [-0.4, -0.2) is 0 Å². The van der Waals surface area contributed by atoms with Gasteiger partial charge in [0, 0.05) is 0 Å². The highest BCUT2D eigenvalue weighted by Gasteiger charge is 2.49. The topological polar surface area (TPSA) is 23.8 Å². The van der Waals surface area contributed by atoms with Crippen LogP contribution in [0, 0.1) is 22.2 Å². The van der Waals surface area contributed by atoms with Crippen LogP contribution in [0.15, 0.2) is 12.7 Å². The second-order valence-corrected chi connectivity index (χ2v) is 3.95. The van der Waals surface area contributed by atoms with Gasteiger partial charge in [0.1, 0.15) is 0 Å². The Kier molecular flexibility index (Phi) is 1.80. The summed E-state index contributed by atoms with van der Waals surface area (Å²) >= 11 is 0. The predicted molar refractivity (Wildman–Crippen MR) is 45.9 cm³/mol. The fourth-order valence-corrected chi connectivity index (χ4v) is 2.12. The van der Waals surface area contributed by atoms with Gasteiger partial charge in [-0.3, -0.25) is 0 Å². The molecule has 1 aliphatic carbocycles. The Bertz CT molecular complexity index is 203. The highest BCUT2D eigenvalue weighted by Crippen LogP contribution is 2.56. The summed E-state index contributed by atoms with van der Waals surface area (Å²) in [6, 6.07) is 2.35. The third kappa shape index (κ3) is 1.18. The van der Waals surface area contributed by atoms with E-state index in [1.165, 1.54) is 0 Å². The minimum Gasteiger partial charge on any atom is -0.198 e.